The summed E-state index contributed by atoms with van der Waals surface area (Å²) in [6.07, 6.45) is 2.28. The van der Waals surface area contributed by atoms with Gasteiger partial charge in [0.2, 0.25) is 0 Å². The minimum absolute atomic E-state index is 0.449. The minimum Gasteiger partial charge on any atom is -0.493 e. The van der Waals surface area contributed by atoms with Crippen molar-refractivity contribution in [1.82, 2.24) is 10.2 Å². The molecule has 1 aromatic carbocycles. The molecule has 0 amide bonds. The van der Waals surface area contributed by atoms with Crippen LogP contribution >= 0.6 is 0 Å². The first-order valence-electron chi connectivity index (χ1n) is 8.35. The first-order valence-corrected chi connectivity index (χ1v) is 8.35. The predicted octanol–water partition coefficient (Wildman–Crippen LogP) is 3.45. The number of rotatable bonds is 7. The molecule has 118 valence electrons. The minimum atomic E-state index is 0.449. The zero-order valence-corrected chi connectivity index (χ0v) is 14.0. The summed E-state index contributed by atoms with van der Waals surface area (Å²) < 4.78 is 5.82. The maximum atomic E-state index is 5.82. The molecular formula is C18H30N2O. The molecule has 0 aromatic heterocycles. The Kier molecular flexibility index (Phi) is 6.07. The van der Waals surface area contributed by atoms with Crippen LogP contribution in [0.2, 0.25) is 0 Å². The van der Waals surface area contributed by atoms with Gasteiger partial charge >= 0.3 is 0 Å². The Labute approximate surface area is 129 Å². The fourth-order valence-corrected chi connectivity index (χ4v) is 2.98. The Balaban J connectivity index is 1.90. The van der Waals surface area contributed by atoms with Crippen molar-refractivity contribution in [2.45, 2.75) is 46.6 Å². The summed E-state index contributed by atoms with van der Waals surface area (Å²) in [4.78, 5) is 2.48. The lowest BCUT2D eigenvalue weighted by Gasteiger charge is -2.28. The van der Waals surface area contributed by atoms with Gasteiger partial charge in [-0.05, 0) is 63.6 Å². The van der Waals surface area contributed by atoms with Crippen LogP contribution in [0.15, 0.2) is 12.1 Å². The number of hydrogen-bond acceptors (Lipinski definition) is 3. The Hall–Kier alpha value is -1.06. The average Bonchev–Trinajstić information content (AvgIpc) is 2.49. The van der Waals surface area contributed by atoms with Crippen LogP contribution < -0.4 is 10.1 Å². The lowest BCUT2D eigenvalue weighted by Crippen LogP contribution is -2.31. The summed E-state index contributed by atoms with van der Waals surface area (Å²) in [5.41, 5.74) is 4.01. The number of ether oxygens (including phenoxy) is 1. The van der Waals surface area contributed by atoms with Gasteiger partial charge in [-0.15, -0.1) is 0 Å². The van der Waals surface area contributed by atoms with Gasteiger partial charge in [0.05, 0.1) is 6.61 Å². The summed E-state index contributed by atoms with van der Waals surface area (Å²) in [6, 6.07) is 4.94. The third-order valence-corrected chi connectivity index (χ3v) is 4.60. The van der Waals surface area contributed by atoms with Crippen molar-refractivity contribution in [2.24, 2.45) is 0 Å². The maximum absolute atomic E-state index is 5.82. The van der Waals surface area contributed by atoms with E-state index in [0.29, 0.717) is 6.04 Å². The van der Waals surface area contributed by atoms with Crippen LogP contribution in [0.25, 0.3) is 0 Å². The Morgan fingerprint density at radius 2 is 1.90 bits per heavy atom. The summed E-state index contributed by atoms with van der Waals surface area (Å²) in [7, 11) is 0. The number of aryl methyl sites for hydroxylation is 2. The summed E-state index contributed by atoms with van der Waals surface area (Å²) in [5.74, 6) is 1.07. The molecule has 3 nitrogen and oxygen atoms in total. The highest BCUT2D eigenvalue weighted by atomic mass is 16.5. The highest BCUT2D eigenvalue weighted by Gasteiger charge is 2.21. The number of fused-ring (bicyclic) bond motifs is 1. The number of nitrogens with zero attached hydrogens (tertiary/aromatic N) is 1. The van der Waals surface area contributed by atoms with Gasteiger partial charge in [0.1, 0.15) is 5.75 Å². The summed E-state index contributed by atoms with van der Waals surface area (Å²) in [5, 5.41) is 3.72. The van der Waals surface area contributed by atoms with Gasteiger partial charge in [-0.3, -0.25) is 0 Å². The second-order valence-corrected chi connectivity index (χ2v) is 6.00. The van der Waals surface area contributed by atoms with E-state index in [-0.39, 0.29) is 0 Å². The Morgan fingerprint density at radius 3 is 2.62 bits per heavy atom. The summed E-state index contributed by atoms with van der Waals surface area (Å²) in [6.45, 7) is 14.2. The molecule has 1 heterocycles. The van der Waals surface area contributed by atoms with E-state index in [9.17, 15) is 0 Å². The molecule has 3 heteroatoms. The van der Waals surface area contributed by atoms with Gasteiger partial charge < -0.3 is 15.0 Å². The van der Waals surface area contributed by atoms with Gasteiger partial charge in [0.15, 0.2) is 0 Å². The second-order valence-electron chi connectivity index (χ2n) is 6.00. The van der Waals surface area contributed by atoms with Gasteiger partial charge in [0.25, 0.3) is 0 Å². The molecule has 1 aliphatic rings. The number of nitrogens with one attached hydrogen (secondary N) is 1. The summed E-state index contributed by atoms with van der Waals surface area (Å²) >= 11 is 0. The molecule has 1 atom stereocenters. The van der Waals surface area contributed by atoms with E-state index >= 15 is 0 Å². The molecular weight excluding hydrogens is 260 g/mol. The molecule has 1 aliphatic heterocycles. The molecule has 0 bridgehead atoms. The van der Waals surface area contributed by atoms with Crippen molar-refractivity contribution in [3.8, 4) is 5.75 Å². The molecule has 0 spiro atoms. The highest BCUT2D eigenvalue weighted by molar-refractivity contribution is 5.44. The third kappa shape index (κ3) is 4.21. The van der Waals surface area contributed by atoms with Crippen molar-refractivity contribution in [3.05, 3.63) is 28.8 Å². The Bertz CT molecular complexity index is 455. The molecule has 21 heavy (non-hydrogen) atoms. The van der Waals surface area contributed by atoms with E-state index in [0.717, 1.165) is 38.4 Å². The van der Waals surface area contributed by atoms with Crippen molar-refractivity contribution in [2.75, 3.05) is 32.8 Å². The molecule has 2 rings (SSSR count). The molecule has 1 aromatic rings. The largest absolute Gasteiger partial charge is 0.493 e. The molecule has 1 unspecified atom stereocenters. The van der Waals surface area contributed by atoms with Gasteiger partial charge in [0, 0.05) is 18.0 Å². The highest BCUT2D eigenvalue weighted by Crippen LogP contribution is 2.34. The zero-order chi connectivity index (χ0) is 15.2. The van der Waals surface area contributed by atoms with Crippen LogP contribution in [-0.2, 0) is 0 Å². The van der Waals surface area contributed by atoms with Crippen LogP contribution in [0.5, 0.6) is 5.75 Å². The maximum Gasteiger partial charge on any atom is 0.124 e. The molecule has 0 aliphatic carbocycles. The van der Waals surface area contributed by atoms with Crippen molar-refractivity contribution in [3.63, 3.8) is 0 Å². The van der Waals surface area contributed by atoms with Crippen LogP contribution in [-0.4, -0.2) is 37.7 Å². The van der Waals surface area contributed by atoms with E-state index in [1.165, 1.54) is 29.7 Å². The van der Waals surface area contributed by atoms with Crippen molar-refractivity contribution >= 4 is 0 Å². The molecule has 0 radical (unpaired) electrons. The molecule has 0 fully saturated rings. The SMILES string of the molecule is CCN(CC)CCCNC1CCOc2cc(C)c(C)cc21. The fourth-order valence-electron chi connectivity index (χ4n) is 2.98. The quantitative estimate of drug-likeness (QED) is 0.778. The fraction of sp³-hybridized carbons (Fsp3) is 0.667. The van der Waals surface area contributed by atoms with Crippen molar-refractivity contribution in [1.29, 1.82) is 0 Å². The van der Waals surface area contributed by atoms with E-state index in [1.54, 1.807) is 0 Å². The predicted molar refractivity (Wildman–Crippen MR) is 89.2 cm³/mol. The first kappa shape index (κ1) is 16.3. The normalized spacial score (nSPS) is 17.7. The first-order chi connectivity index (χ1) is 10.2. The van der Waals surface area contributed by atoms with E-state index < -0.39 is 0 Å². The third-order valence-electron chi connectivity index (χ3n) is 4.60. The monoisotopic (exact) mass is 290 g/mol. The van der Waals surface area contributed by atoms with Crippen LogP contribution in [0.1, 0.15) is 49.4 Å². The standard InChI is InChI=1S/C18H30N2O/c1-5-20(6-2)10-7-9-19-17-8-11-21-18-13-15(4)14(3)12-16(17)18/h12-13,17,19H,5-11H2,1-4H3. The van der Waals surface area contributed by atoms with Gasteiger partial charge in [-0.1, -0.05) is 19.9 Å². The topological polar surface area (TPSA) is 24.5 Å². The van der Waals surface area contributed by atoms with Gasteiger partial charge in [-0.25, -0.2) is 0 Å². The van der Waals surface area contributed by atoms with E-state index in [2.05, 4.69) is 50.0 Å². The van der Waals surface area contributed by atoms with Crippen LogP contribution in [0, 0.1) is 13.8 Å². The zero-order valence-electron chi connectivity index (χ0n) is 14.0. The lowest BCUT2D eigenvalue weighted by molar-refractivity contribution is 0.248. The number of hydrogen-bond donors (Lipinski definition) is 1. The average molecular weight is 290 g/mol. The van der Waals surface area contributed by atoms with E-state index in [4.69, 9.17) is 4.74 Å². The smallest absolute Gasteiger partial charge is 0.124 e. The molecule has 1 N–H and O–H groups in total. The Morgan fingerprint density at radius 1 is 1.19 bits per heavy atom. The molecule has 0 saturated carbocycles. The van der Waals surface area contributed by atoms with Crippen molar-refractivity contribution < 1.29 is 4.74 Å². The molecule has 0 saturated heterocycles. The van der Waals surface area contributed by atoms with Gasteiger partial charge in [-0.2, -0.15) is 0 Å². The van der Waals surface area contributed by atoms with Crippen LogP contribution in [0.3, 0.4) is 0 Å². The lowest BCUT2D eigenvalue weighted by atomic mass is 9.96. The van der Waals surface area contributed by atoms with Crippen LogP contribution in [0.4, 0.5) is 0 Å². The van der Waals surface area contributed by atoms with E-state index in [1.807, 2.05) is 0 Å². The second kappa shape index (κ2) is 7.81. The number of benzene rings is 1.